The molecule has 2 aromatic rings. The molecule has 0 amide bonds. The van der Waals surface area contributed by atoms with Gasteiger partial charge in [0.2, 0.25) is 10.0 Å². The van der Waals surface area contributed by atoms with E-state index in [-0.39, 0.29) is 10.5 Å². The predicted octanol–water partition coefficient (Wildman–Crippen LogP) is 6.32. The average molecular weight is 533 g/mol. The van der Waals surface area contributed by atoms with Gasteiger partial charge in [-0.2, -0.15) is 0 Å². The molecule has 2 aromatic carbocycles. The Morgan fingerprint density at radius 3 is 2.36 bits per heavy atom. The summed E-state index contributed by atoms with van der Waals surface area (Å²) in [5.74, 6) is -0.800. The molecule has 0 saturated carbocycles. The fourth-order valence-electron chi connectivity index (χ4n) is 4.42. The van der Waals surface area contributed by atoms with E-state index < -0.39 is 21.5 Å². The molecule has 3 rings (SSSR count). The fourth-order valence-corrected chi connectivity index (χ4v) is 6.62. The van der Waals surface area contributed by atoms with Crippen molar-refractivity contribution in [2.24, 2.45) is 0 Å². The minimum absolute atomic E-state index is 0.0158. The number of carbonyl (C=O) groups is 1. The summed E-state index contributed by atoms with van der Waals surface area (Å²) in [6.45, 7) is 6.16. The quantitative estimate of drug-likeness (QED) is 0.198. The van der Waals surface area contributed by atoms with Crippen LogP contribution in [0, 0.1) is 0 Å². The first-order valence-corrected chi connectivity index (χ1v) is 15.0. The third kappa shape index (κ3) is 6.44. The number of hydrogen-bond acceptors (Lipinski definition) is 6. The van der Waals surface area contributed by atoms with E-state index in [1.165, 1.54) is 24.8 Å². The molecular weight excluding hydrogens is 496 g/mol. The van der Waals surface area contributed by atoms with Gasteiger partial charge in [-0.15, -0.1) is 11.8 Å². The fraction of sp³-hybridized carbons (Fsp3) is 0.444. The van der Waals surface area contributed by atoms with Crippen molar-refractivity contribution in [2.75, 3.05) is 17.7 Å². The van der Waals surface area contributed by atoms with Crippen molar-refractivity contribution in [1.82, 2.24) is 4.72 Å². The van der Waals surface area contributed by atoms with Crippen LogP contribution in [-0.2, 0) is 14.8 Å². The number of carboxylic acids is 1. The summed E-state index contributed by atoms with van der Waals surface area (Å²) in [5.41, 5.74) is 0.888. The lowest BCUT2D eigenvalue weighted by molar-refractivity contribution is -0.132. The van der Waals surface area contributed by atoms with Crippen LogP contribution in [-0.4, -0.2) is 37.8 Å². The Bertz CT molecular complexity index is 1190. The molecule has 0 saturated heterocycles. The van der Waals surface area contributed by atoms with Gasteiger partial charge in [0, 0.05) is 18.3 Å². The summed E-state index contributed by atoms with van der Waals surface area (Å²) in [6, 6.07) is 13.2. The minimum atomic E-state index is -3.91. The normalized spacial score (nSPS) is 16.8. The van der Waals surface area contributed by atoms with Crippen LogP contribution in [0.25, 0.3) is 0 Å². The van der Waals surface area contributed by atoms with Crippen LogP contribution >= 0.6 is 11.8 Å². The number of para-hydroxylation sites is 1. The van der Waals surface area contributed by atoms with E-state index in [1.54, 1.807) is 0 Å². The van der Waals surface area contributed by atoms with Gasteiger partial charge in [-0.3, -0.25) is 0 Å². The van der Waals surface area contributed by atoms with Gasteiger partial charge in [0.1, 0.15) is 16.9 Å². The molecule has 0 aromatic heterocycles. The Morgan fingerprint density at radius 2 is 1.81 bits per heavy atom. The topological polar surface area (TPSA) is 95.9 Å². The zero-order valence-corrected chi connectivity index (χ0v) is 23.0. The van der Waals surface area contributed by atoms with Gasteiger partial charge in [-0.25, -0.2) is 17.9 Å². The van der Waals surface area contributed by atoms with E-state index in [2.05, 4.69) is 23.5 Å². The first-order valence-electron chi connectivity index (χ1n) is 12.3. The van der Waals surface area contributed by atoms with Gasteiger partial charge in [-0.05, 0) is 44.2 Å². The smallest absolute Gasteiger partial charge is 0.334 e. The Hall–Kier alpha value is -2.49. The molecule has 9 heteroatoms. The summed E-state index contributed by atoms with van der Waals surface area (Å²) in [5, 5.41) is 9.19. The van der Waals surface area contributed by atoms with E-state index in [1.807, 2.05) is 42.7 Å². The van der Waals surface area contributed by atoms with E-state index in [4.69, 9.17) is 4.74 Å². The number of benzene rings is 2. The molecule has 0 spiro atoms. The molecular formula is C27H36N2O5S2. The highest BCUT2D eigenvalue weighted by atomic mass is 32.2. The monoisotopic (exact) mass is 532 g/mol. The summed E-state index contributed by atoms with van der Waals surface area (Å²) in [6.07, 6.45) is 8.26. The van der Waals surface area contributed by atoms with E-state index >= 15 is 0 Å². The van der Waals surface area contributed by atoms with Gasteiger partial charge in [0.05, 0.1) is 21.7 Å². The van der Waals surface area contributed by atoms with Crippen LogP contribution < -0.4 is 14.4 Å². The number of aliphatic carboxylic acids is 1. The molecule has 0 unspecified atom stereocenters. The lowest BCUT2D eigenvalue weighted by Crippen LogP contribution is -2.53. The van der Waals surface area contributed by atoms with Gasteiger partial charge < -0.3 is 14.7 Å². The SMILES string of the molecule is CCCCC1(CCCC)CN(c2ccccc2)c2cc(SC)c(O/C=C(\C)C(=O)O)cc2S(=O)(=O)N1. The third-order valence-electron chi connectivity index (χ3n) is 6.42. The van der Waals surface area contributed by atoms with Gasteiger partial charge in [0.25, 0.3) is 0 Å². The van der Waals surface area contributed by atoms with Crippen LogP contribution in [0.5, 0.6) is 5.75 Å². The molecule has 0 bridgehead atoms. The number of hydrogen-bond donors (Lipinski definition) is 2. The van der Waals surface area contributed by atoms with Crippen molar-refractivity contribution >= 4 is 39.1 Å². The molecule has 0 aliphatic carbocycles. The predicted molar refractivity (Wildman–Crippen MR) is 146 cm³/mol. The summed E-state index contributed by atoms with van der Waals surface area (Å²) >= 11 is 1.42. The molecule has 1 heterocycles. The van der Waals surface area contributed by atoms with Crippen molar-refractivity contribution in [2.45, 2.75) is 74.6 Å². The van der Waals surface area contributed by atoms with E-state index in [0.29, 0.717) is 22.9 Å². The van der Waals surface area contributed by atoms with Crippen molar-refractivity contribution in [3.63, 3.8) is 0 Å². The zero-order valence-electron chi connectivity index (χ0n) is 21.4. The number of fused-ring (bicyclic) bond motifs is 1. The molecule has 1 aliphatic rings. The standard InChI is InChI=1S/C27H36N2O5S2/c1-5-7-14-27(15-8-6-2)19-29(21-12-10-9-11-13-21)22-16-24(35-4)23(34-18-20(3)26(30)31)17-25(22)36(32,33)28-27/h9-13,16-18,28H,5-8,14-15,19H2,1-4H3,(H,30,31)/b20-18+. The van der Waals surface area contributed by atoms with Crippen molar-refractivity contribution < 1.29 is 23.1 Å². The van der Waals surface area contributed by atoms with Crippen LogP contribution in [0.15, 0.2) is 64.1 Å². The number of unbranched alkanes of at least 4 members (excludes halogenated alkanes) is 2. The first kappa shape index (κ1) is 28.1. The number of rotatable bonds is 11. The van der Waals surface area contributed by atoms with E-state index in [9.17, 15) is 18.3 Å². The molecule has 2 N–H and O–H groups in total. The second-order valence-electron chi connectivity index (χ2n) is 9.21. The van der Waals surface area contributed by atoms with Gasteiger partial charge >= 0.3 is 5.97 Å². The van der Waals surface area contributed by atoms with Crippen LogP contribution in [0.2, 0.25) is 0 Å². The number of anilines is 2. The summed E-state index contributed by atoms with van der Waals surface area (Å²) in [4.78, 5) is 14.2. The molecule has 0 atom stereocenters. The second-order valence-corrected chi connectivity index (χ2v) is 11.7. The first-order chi connectivity index (χ1) is 17.2. The van der Waals surface area contributed by atoms with Gasteiger partial charge in [-0.1, -0.05) is 57.7 Å². The highest BCUT2D eigenvalue weighted by molar-refractivity contribution is 7.98. The number of thioether (sulfide) groups is 1. The maximum absolute atomic E-state index is 13.9. The van der Waals surface area contributed by atoms with Crippen LogP contribution in [0.4, 0.5) is 11.4 Å². The number of sulfonamides is 1. The number of nitrogens with one attached hydrogen (secondary N) is 1. The second kappa shape index (κ2) is 12.2. The van der Waals surface area contributed by atoms with Gasteiger partial charge in [0.15, 0.2) is 0 Å². The minimum Gasteiger partial charge on any atom is -0.478 e. The van der Waals surface area contributed by atoms with Crippen LogP contribution in [0.3, 0.4) is 0 Å². The largest absolute Gasteiger partial charge is 0.478 e. The Morgan fingerprint density at radius 1 is 1.17 bits per heavy atom. The molecule has 0 fully saturated rings. The summed E-state index contributed by atoms with van der Waals surface area (Å²) in [7, 11) is -3.91. The Balaban J connectivity index is 2.24. The molecule has 196 valence electrons. The van der Waals surface area contributed by atoms with Crippen molar-refractivity contribution in [3.8, 4) is 5.75 Å². The third-order valence-corrected chi connectivity index (χ3v) is 8.79. The lowest BCUT2D eigenvalue weighted by Gasteiger charge is -2.37. The molecule has 0 radical (unpaired) electrons. The lowest BCUT2D eigenvalue weighted by atomic mass is 9.87. The Labute approximate surface area is 219 Å². The number of carboxylic acid groups (broad SMARTS) is 1. The maximum atomic E-state index is 13.9. The number of ether oxygens (including phenoxy) is 1. The highest BCUT2D eigenvalue weighted by Gasteiger charge is 2.42. The van der Waals surface area contributed by atoms with E-state index in [0.717, 1.165) is 50.5 Å². The van der Waals surface area contributed by atoms with Crippen molar-refractivity contribution in [1.29, 1.82) is 0 Å². The zero-order chi connectivity index (χ0) is 26.3. The highest BCUT2D eigenvalue weighted by Crippen LogP contribution is 2.44. The number of nitrogens with zero attached hydrogens (tertiary/aromatic N) is 1. The molecule has 7 nitrogen and oxygen atoms in total. The summed E-state index contributed by atoms with van der Waals surface area (Å²) < 4.78 is 36.6. The maximum Gasteiger partial charge on any atom is 0.334 e. The Kier molecular flexibility index (Phi) is 9.49. The van der Waals surface area contributed by atoms with Crippen molar-refractivity contribution in [3.05, 3.63) is 54.3 Å². The average Bonchev–Trinajstić information content (AvgIpc) is 2.96. The molecule has 1 aliphatic heterocycles. The van der Waals surface area contributed by atoms with Crippen LogP contribution in [0.1, 0.15) is 59.3 Å². The molecule has 36 heavy (non-hydrogen) atoms.